The Kier molecular flexibility index (Phi) is 7.58. The second-order valence-corrected chi connectivity index (χ2v) is 6.64. The highest BCUT2D eigenvalue weighted by atomic mass is 16.5. The van der Waals surface area contributed by atoms with Gasteiger partial charge in [0.2, 0.25) is 0 Å². The maximum absolute atomic E-state index is 12.4. The fraction of sp³-hybridized carbons (Fsp3) is 0.364. The summed E-state index contributed by atoms with van der Waals surface area (Å²) >= 11 is 0. The number of aryl methyl sites for hydroxylation is 1. The van der Waals surface area contributed by atoms with E-state index in [2.05, 4.69) is 5.32 Å². The Morgan fingerprint density at radius 1 is 1.18 bits per heavy atom. The van der Waals surface area contributed by atoms with Gasteiger partial charge < -0.3 is 20.9 Å². The van der Waals surface area contributed by atoms with Crippen LogP contribution in [0.2, 0.25) is 0 Å². The maximum Gasteiger partial charge on any atom is 0.334 e. The predicted molar refractivity (Wildman–Crippen MR) is 112 cm³/mol. The molecule has 150 valence electrons. The van der Waals surface area contributed by atoms with Gasteiger partial charge in [0, 0.05) is 24.5 Å². The van der Waals surface area contributed by atoms with E-state index in [0.717, 1.165) is 24.0 Å². The third-order valence-corrected chi connectivity index (χ3v) is 4.87. The lowest BCUT2D eigenvalue weighted by atomic mass is 9.82. The van der Waals surface area contributed by atoms with Crippen molar-refractivity contribution in [3.8, 4) is 0 Å². The van der Waals surface area contributed by atoms with Crippen LogP contribution < -0.4 is 11.1 Å². The molecule has 0 heterocycles. The molecule has 6 heteroatoms. The summed E-state index contributed by atoms with van der Waals surface area (Å²) in [6.45, 7) is 5.15. The molecule has 0 aliphatic rings. The normalized spacial score (nSPS) is 12.9. The lowest BCUT2D eigenvalue weighted by Gasteiger charge is -2.33. The Morgan fingerprint density at radius 2 is 1.86 bits per heavy atom. The van der Waals surface area contributed by atoms with Gasteiger partial charge in [-0.15, -0.1) is 0 Å². The number of carboxylic acids is 1. The average molecular weight is 383 g/mol. The van der Waals surface area contributed by atoms with Crippen LogP contribution in [-0.2, 0) is 21.5 Å². The van der Waals surface area contributed by atoms with E-state index in [9.17, 15) is 9.90 Å². The van der Waals surface area contributed by atoms with E-state index in [-0.39, 0.29) is 5.84 Å². The van der Waals surface area contributed by atoms with Crippen LogP contribution >= 0.6 is 0 Å². The summed E-state index contributed by atoms with van der Waals surface area (Å²) in [5, 5.41) is 20.9. The highest BCUT2D eigenvalue weighted by molar-refractivity contribution is 5.95. The van der Waals surface area contributed by atoms with Crippen molar-refractivity contribution in [1.29, 1.82) is 5.41 Å². The number of carbonyl (C=O) groups is 1. The van der Waals surface area contributed by atoms with Crippen molar-refractivity contribution in [2.24, 2.45) is 5.73 Å². The molecule has 0 aromatic heterocycles. The largest absolute Gasteiger partial charge is 0.479 e. The summed E-state index contributed by atoms with van der Waals surface area (Å²) in [5.74, 6) is -0.950. The number of aliphatic carboxylic acids is 1. The first-order valence-electron chi connectivity index (χ1n) is 9.56. The van der Waals surface area contributed by atoms with Crippen molar-refractivity contribution < 1.29 is 14.6 Å². The number of nitrogens with one attached hydrogen (secondary N) is 2. The number of ether oxygens (including phenoxy) is 1. The van der Waals surface area contributed by atoms with Gasteiger partial charge in [-0.1, -0.05) is 31.2 Å². The molecule has 28 heavy (non-hydrogen) atoms. The third-order valence-electron chi connectivity index (χ3n) is 4.87. The number of nitrogen functional groups attached to an aromatic ring is 1. The summed E-state index contributed by atoms with van der Waals surface area (Å²) in [4.78, 5) is 12.4. The van der Waals surface area contributed by atoms with E-state index in [0.29, 0.717) is 30.9 Å². The number of nitrogens with two attached hydrogens (primary N) is 1. The molecule has 0 saturated heterocycles. The van der Waals surface area contributed by atoms with Crippen molar-refractivity contribution in [2.45, 2.75) is 38.6 Å². The molecule has 2 rings (SSSR count). The fourth-order valence-electron chi connectivity index (χ4n) is 3.31. The first kappa shape index (κ1) is 21.4. The standard InChI is InChI=1S/C22H29N3O3/c1-3-22(21(26)27,25-18-13-11-17(12-14-18)20(23)24)19-10-6-5-8-16(19)9-7-15-28-4-2/h5-6,8,10-14,25H,3-4,7,9,15H2,1-2H3,(H3,23,24)(H,26,27). The summed E-state index contributed by atoms with van der Waals surface area (Å²) < 4.78 is 5.42. The van der Waals surface area contributed by atoms with Crippen LogP contribution in [0, 0.1) is 5.41 Å². The van der Waals surface area contributed by atoms with E-state index in [4.69, 9.17) is 15.9 Å². The van der Waals surface area contributed by atoms with Crippen molar-refractivity contribution >= 4 is 17.5 Å². The number of amidine groups is 1. The summed E-state index contributed by atoms with van der Waals surface area (Å²) in [7, 11) is 0. The summed E-state index contributed by atoms with van der Waals surface area (Å²) in [5.41, 5.74) is 7.28. The van der Waals surface area contributed by atoms with Gasteiger partial charge in [0.25, 0.3) is 0 Å². The molecule has 0 radical (unpaired) electrons. The Bertz CT molecular complexity index is 805. The molecule has 1 unspecified atom stereocenters. The molecule has 0 fully saturated rings. The maximum atomic E-state index is 12.4. The van der Waals surface area contributed by atoms with Crippen LogP contribution in [0.5, 0.6) is 0 Å². The number of rotatable bonds is 11. The van der Waals surface area contributed by atoms with Gasteiger partial charge >= 0.3 is 5.97 Å². The van der Waals surface area contributed by atoms with Crippen molar-refractivity contribution in [3.63, 3.8) is 0 Å². The van der Waals surface area contributed by atoms with Crippen LogP contribution in [0.1, 0.15) is 43.4 Å². The molecule has 2 aromatic carbocycles. The van der Waals surface area contributed by atoms with E-state index < -0.39 is 11.5 Å². The van der Waals surface area contributed by atoms with Crippen molar-refractivity contribution in [1.82, 2.24) is 0 Å². The smallest absolute Gasteiger partial charge is 0.334 e. The van der Waals surface area contributed by atoms with Crippen LogP contribution in [0.15, 0.2) is 48.5 Å². The Balaban J connectivity index is 2.37. The van der Waals surface area contributed by atoms with Gasteiger partial charge in [-0.2, -0.15) is 0 Å². The number of benzene rings is 2. The second-order valence-electron chi connectivity index (χ2n) is 6.64. The average Bonchev–Trinajstić information content (AvgIpc) is 2.70. The number of hydrogen-bond acceptors (Lipinski definition) is 4. The zero-order valence-corrected chi connectivity index (χ0v) is 16.5. The van der Waals surface area contributed by atoms with Crippen LogP contribution in [0.25, 0.3) is 0 Å². The minimum absolute atomic E-state index is 0.0221. The Morgan fingerprint density at radius 3 is 2.43 bits per heavy atom. The van der Waals surface area contributed by atoms with Gasteiger partial charge in [0.1, 0.15) is 5.84 Å². The fourth-order valence-corrected chi connectivity index (χ4v) is 3.31. The molecule has 0 amide bonds. The molecule has 0 aliphatic heterocycles. The lowest BCUT2D eigenvalue weighted by molar-refractivity contribution is -0.142. The second kappa shape index (κ2) is 9.90. The molecule has 0 spiro atoms. The zero-order valence-electron chi connectivity index (χ0n) is 16.5. The molecular formula is C22H29N3O3. The zero-order chi connectivity index (χ0) is 20.6. The van der Waals surface area contributed by atoms with Gasteiger partial charge in [0.05, 0.1) is 0 Å². The SMILES string of the molecule is CCOCCCc1ccccc1C(CC)(Nc1ccc(C(=N)N)cc1)C(=O)O. The number of anilines is 1. The Hall–Kier alpha value is -2.86. The predicted octanol–water partition coefficient (Wildman–Crippen LogP) is 3.74. The topological polar surface area (TPSA) is 108 Å². The molecule has 5 N–H and O–H groups in total. The van der Waals surface area contributed by atoms with Gasteiger partial charge in [-0.3, -0.25) is 5.41 Å². The highest BCUT2D eigenvalue weighted by Gasteiger charge is 2.40. The minimum Gasteiger partial charge on any atom is -0.479 e. The molecule has 1 atom stereocenters. The minimum atomic E-state index is -1.25. The molecule has 6 nitrogen and oxygen atoms in total. The van der Waals surface area contributed by atoms with Crippen LogP contribution in [0.4, 0.5) is 5.69 Å². The van der Waals surface area contributed by atoms with Gasteiger partial charge in [-0.25, -0.2) is 4.79 Å². The van der Waals surface area contributed by atoms with E-state index in [1.165, 1.54) is 0 Å². The first-order valence-corrected chi connectivity index (χ1v) is 9.56. The van der Waals surface area contributed by atoms with E-state index >= 15 is 0 Å². The molecule has 0 saturated carbocycles. The highest BCUT2D eigenvalue weighted by Crippen LogP contribution is 2.33. The number of carboxylic acid groups (broad SMARTS) is 1. The monoisotopic (exact) mass is 383 g/mol. The molecular weight excluding hydrogens is 354 g/mol. The summed E-state index contributed by atoms with van der Waals surface area (Å²) in [6, 6.07) is 14.6. The third kappa shape index (κ3) is 4.89. The number of hydrogen-bond donors (Lipinski definition) is 4. The van der Waals surface area contributed by atoms with Crippen molar-refractivity contribution in [3.05, 3.63) is 65.2 Å². The van der Waals surface area contributed by atoms with Crippen LogP contribution in [-0.4, -0.2) is 30.1 Å². The molecule has 0 bridgehead atoms. The lowest BCUT2D eigenvalue weighted by Crippen LogP contribution is -2.43. The Labute approximate surface area is 166 Å². The van der Waals surface area contributed by atoms with E-state index in [1.54, 1.807) is 24.3 Å². The first-order chi connectivity index (χ1) is 13.4. The van der Waals surface area contributed by atoms with Crippen LogP contribution in [0.3, 0.4) is 0 Å². The molecule has 0 aliphatic carbocycles. The molecule has 2 aromatic rings. The van der Waals surface area contributed by atoms with Crippen molar-refractivity contribution in [2.75, 3.05) is 18.5 Å². The summed E-state index contributed by atoms with van der Waals surface area (Å²) in [6.07, 6.45) is 1.95. The van der Waals surface area contributed by atoms with Gasteiger partial charge in [0.15, 0.2) is 5.54 Å². The quantitative estimate of drug-likeness (QED) is 0.268. The van der Waals surface area contributed by atoms with E-state index in [1.807, 2.05) is 38.1 Å². The van der Waals surface area contributed by atoms with Gasteiger partial charge in [-0.05, 0) is 61.6 Å².